The van der Waals surface area contributed by atoms with Crippen LogP contribution in [0.15, 0.2) is 46.6 Å². The smallest absolute Gasteiger partial charge is 0.338 e. The maximum atomic E-state index is 11.0. The number of nitrogens with zero attached hydrogens (tertiary/aromatic N) is 2. The predicted molar refractivity (Wildman–Crippen MR) is 64.6 cm³/mol. The molecule has 0 aromatic carbocycles. The van der Waals surface area contributed by atoms with Crippen LogP contribution in [-0.2, 0) is 0 Å². The number of aromatic nitrogens is 2. The number of hydrogen-bond donors (Lipinski definition) is 1. The molecule has 0 aliphatic carbocycles. The minimum absolute atomic E-state index is 0.135. The Morgan fingerprint density at radius 3 is 2.59 bits per heavy atom. The lowest BCUT2D eigenvalue weighted by molar-refractivity contribution is 0.0692. The molecule has 6 heteroatoms. The van der Waals surface area contributed by atoms with E-state index < -0.39 is 5.97 Å². The summed E-state index contributed by atoms with van der Waals surface area (Å²) in [4.78, 5) is 19.8. The fourth-order valence-corrected chi connectivity index (χ4v) is 2.26. The molecule has 2 aromatic rings. The summed E-state index contributed by atoms with van der Waals surface area (Å²) in [6, 6.07) is 6.46. The van der Waals surface area contributed by atoms with E-state index in [2.05, 4.69) is 9.97 Å². The van der Waals surface area contributed by atoms with Crippen molar-refractivity contribution in [1.29, 1.82) is 0 Å². The Morgan fingerprint density at radius 2 is 1.94 bits per heavy atom. The lowest BCUT2D eigenvalue weighted by Gasteiger charge is -2.04. The topological polar surface area (TPSA) is 63.1 Å². The van der Waals surface area contributed by atoms with Crippen LogP contribution in [0.1, 0.15) is 10.4 Å². The largest absolute Gasteiger partial charge is 0.478 e. The van der Waals surface area contributed by atoms with Crippen LogP contribution in [0.5, 0.6) is 0 Å². The van der Waals surface area contributed by atoms with Gasteiger partial charge in [-0.05, 0) is 24.3 Å². The first-order valence-electron chi connectivity index (χ1n) is 4.64. The van der Waals surface area contributed by atoms with Gasteiger partial charge in [0.05, 0.1) is 5.56 Å². The quantitative estimate of drug-likeness (QED) is 0.866. The average molecular weight is 267 g/mol. The van der Waals surface area contributed by atoms with Crippen LogP contribution in [0, 0.1) is 0 Å². The second-order valence-corrected chi connectivity index (χ2v) is 4.53. The first-order valence-corrected chi connectivity index (χ1v) is 5.84. The number of carboxylic acid groups (broad SMARTS) is 1. The van der Waals surface area contributed by atoms with E-state index in [1.807, 2.05) is 0 Å². The van der Waals surface area contributed by atoms with Gasteiger partial charge in [-0.3, -0.25) is 4.98 Å². The maximum Gasteiger partial charge on any atom is 0.338 e. The van der Waals surface area contributed by atoms with Crippen molar-refractivity contribution in [3.8, 4) is 0 Å². The molecule has 4 nitrogen and oxygen atoms in total. The Labute approximate surface area is 107 Å². The number of carboxylic acids is 1. The van der Waals surface area contributed by atoms with Gasteiger partial charge in [-0.25, -0.2) is 9.78 Å². The molecule has 0 fully saturated rings. The predicted octanol–water partition coefficient (Wildman–Crippen LogP) is 2.98. The molecule has 0 aliphatic heterocycles. The normalized spacial score (nSPS) is 10.2. The Bertz CT molecular complexity index is 548. The summed E-state index contributed by atoms with van der Waals surface area (Å²) in [6.45, 7) is 0. The molecule has 0 saturated heterocycles. The Kier molecular flexibility index (Phi) is 3.61. The number of pyridine rings is 2. The molecule has 2 rings (SSSR count). The molecule has 0 radical (unpaired) electrons. The Morgan fingerprint density at radius 1 is 1.24 bits per heavy atom. The van der Waals surface area contributed by atoms with Gasteiger partial charge in [-0.1, -0.05) is 23.4 Å². The number of hydrogen-bond acceptors (Lipinski definition) is 4. The summed E-state index contributed by atoms with van der Waals surface area (Å²) in [5.74, 6) is -1.02. The van der Waals surface area contributed by atoms with E-state index in [0.717, 1.165) is 4.90 Å². The molecule has 0 spiro atoms. The highest BCUT2D eigenvalue weighted by Crippen LogP contribution is 2.29. The third-order valence-corrected chi connectivity index (χ3v) is 3.14. The van der Waals surface area contributed by atoms with Crippen LogP contribution in [-0.4, -0.2) is 21.0 Å². The molecule has 0 unspecified atom stereocenters. The van der Waals surface area contributed by atoms with E-state index in [0.29, 0.717) is 5.03 Å². The fourth-order valence-electron chi connectivity index (χ4n) is 1.18. The summed E-state index contributed by atoms with van der Waals surface area (Å²) in [7, 11) is 0. The first-order chi connectivity index (χ1) is 8.16. The molecule has 86 valence electrons. The zero-order valence-corrected chi connectivity index (χ0v) is 10.1. The SMILES string of the molecule is O=C(O)c1ccc(Cl)nc1Sc1ccncc1. The van der Waals surface area contributed by atoms with Gasteiger partial charge in [0.25, 0.3) is 0 Å². The van der Waals surface area contributed by atoms with Crippen molar-refractivity contribution >= 4 is 29.3 Å². The zero-order valence-electron chi connectivity index (χ0n) is 8.50. The van der Waals surface area contributed by atoms with Gasteiger partial charge in [-0.15, -0.1) is 0 Å². The summed E-state index contributed by atoms with van der Waals surface area (Å²) in [5, 5.41) is 9.67. The lowest BCUT2D eigenvalue weighted by atomic mass is 10.3. The molecule has 2 heterocycles. The van der Waals surface area contributed by atoms with Crippen molar-refractivity contribution in [3.63, 3.8) is 0 Å². The molecule has 0 atom stereocenters. The molecule has 0 bridgehead atoms. The number of carbonyl (C=O) groups is 1. The second-order valence-electron chi connectivity index (χ2n) is 3.08. The van der Waals surface area contributed by atoms with Gasteiger partial charge in [0.2, 0.25) is 0 Å². The van der Waals surface area contributed by atoms with Crippen LogP contribution < -0.4 is 0 Å². The third-order valence-electron chi connectivity index (χ3n) is 1.92. The molecule has 2 aromatic heterocycles. The Hall–Kier alpha value is -1.59. The van der Waals surface area contributed by atoms with Crippen LogP contribution >= 0.6 is 23.4 Å². The Balaban J connectivity index is 2.37. The lowest BCUT2D eigenvalue weighted by Crippen LogP contribution is -2.00. The van der Waals surface area contributed by atoms with E-state index in [9.17, 15) is 4.79 Å². The second kappa shape index (κ2) is 5.16. The van der Waals surface area contributed by atoms with Gasteiger partial charge in [-0.2, -0.15) is 0 Å². The van der Waals surface area contributed by atoms with Gasteiger partial charge in [0.1, 0.15) is 10.2 Å². The number of aromatic carboxylic acids is 1. The summed E-state index contributed by atoms with van der Waals surface area (Å²) >= 11 is 7.00. The van der Waals surface area contributed by atoms with E-state index in [-0.39, 0.29) is 10.7 Å². The molecule has 0 amide bonds. The van der Waals surface area contributed by atoms with Gasteiger partial charge in [0.15, 0.2) is 0 Å². The first kappa shape index (κ1) is 11.9. The molecular weight excluding hydrogens is 260 g/mol. The average Bonchev–Trinajstić information content (AvgIpc) is 2.30. The van der Waals surface area contributed by atoms with Crippen molar-refractivity contribution in [2.75, 3.05) is 0 Å². The highest BCUT2D eigenvalue weighted by molar-refractivity contribution is 7.99. The standard InChI is InChI=1S/C11H7ClN2O2S/c12-9-2-1-8(11(15)16)10(14-9)17-7-3-5-13-6-4-7/h1-6H,(H,15,16). The molecule has 17 heavy (non-hydrogen) atoms. The maximum absolute atomic E-state index is 11.0. The highest BCUT2D eigenvalue weighted by atomic mass is 35.5. The van der Waals surface area contributed by atoms with E-state index in [1.54, 1.807) is 24.5 Å². The van der Waals surface area contributed by atoms with Crippen LogP contribution in [0.2, 0.25) is 5.15 Å². The van der Waals surface area contributed by atoms with Crippen LogP contribution in [0.25, 0.3) is 0 Å². The van der Waals surface area contributed by atoms with Crippen molar-refractivity contribution in [1.82, 2.24) is 9.97 Å². The zero-order chi connectivity index (χ0) is 12.3. The van der Waals surface area contributed by atoms with E-state index in [1.165, 1.54) is 23.9 Å². The monoisotopic (exact) mass is 266 g/mol. The van der Waals surface area contributed by atoms with E-state index >= 15 is 0 Å². The summed E-state index contributed by atoms with van der Waals surface area (Å²) < 4.78 is 0. The van der Waals surface area contributed by atoms with Crippen LogP contribution in [0.3, 0.4) is 0 Å². The minimum atomic E-state index is -1.02. The van der Waals surface area contributed by atoms with Crippen molar-refractivity contribution in [2.45, 2.75) is 9.92 Å². The van der Waals surface area contributed by atoms with Crippen molar-refractivity contribution in [2.24, 2.45) is 0 Å². The fraction of sp³-hybridized carbons (Fsp3) is 0. The van der Waals surface area contributed by atoms with Crippen LogP contribution in [0.4, 0.5) is 0 Å². The van der Waals surface area contributed by atoms with Crippen molar-refractivity contribution < 1.29 is 9.90 Å². The molecule has 0 aliphatic rings. The summed E-state index contributed by atoms with van der Waals surface area (Å²) in [5.41, 5.74) is 0.135. The highest BCUT2D eigenvalue weighted by Gasteiger charge is 2.13. The minimum Gasteiger partial charge on any atom is -0.478 e. The van der Waals surface area contributed by atoms with Gasteiger partial charge in [0, 0.05) is 17.3 Å². The number of rotatable bonds is 3. The van der Waals surface area contributed by atoms with E-state index in [4.69, 9.17) is 16.7 Å². The van der Waals surface area contributed by atoms with Crippen molar-refractivity contribution in [3.05, 3.63) is 47.4 Å². The summed E-state index contributed by atoms with van der Waals surface area (Å²) in [6.07, 6.45) is 3.26. The molecule has 1 N–H and O–H groups in total. The molecule has 0 saturated carbocycles. The number of halogens is 1. The third kappa shape index (κ3) is 2.95. The molecular formula is C11H7ClN2O2S. The van der Waals surface area contributed by atoms with Gasteiger partial charge < -0.3 is 5.11 Å². The van der Waals surface area contributed by atoms with Gasteiger partial charge >= 0.3 is 5.97 Å².